The number of anilines is 2. The lowest BCUT2D eigenvalue weighted by Gasteiger charge is -2.20. The summed E-state index contributed by atoms with van der Waals surface area (Å²) in [6.07, 6.45) is 0.955. The minimum Gasteiger partial charge on any atom is -0.497 e. The fourth-order valence-corrected chi connectivity index (χ4v) is 2.54. The van der Waals surface area contributed by atoms with E-state index in [4.69, 9.17) is 9.84 Å². The first-order valence-electron chi connectivity index (χ1n) is 7.94. The van der Waals surface area contributed by atoms with Crippen molar-refractivity contribution in [2.45, 2.75) is 19.4 Å². The van der Waals surface area contributed by atoms with E-state index in [1.165, 1.54) is 5.56 Å². The molecule has 0 spiro atoms. The van der Waals surface area contributed by atoms with Crippen LogP contribution < -0.4 is 15.0 Å². The van der Waals surface area contributed by atoms with E-state index in [0.717, 1.165) is 23.5 Å². The van der Waals surface area contributed by atoms with Gasteiger partial charge in [0.25, 0.3) is 0 Å². The first kappa shape index (κ1) is 17.2. The van der Waals surface area contributed by atoms with Gasteiger partial charge in [-0.15, -0.1) is 0 Å². The zero-order chi connectivity index (χ0) is 16.7. The first-order chi connectivity index (χ1) is 11.1. The van der Waals surface area contributed by atoms with Crippen LogP contribution in [0.1, 0.15) is 12.5 Å². The molecule has 0 heterocycles. The molecule has 0 bridgehead atoms. The summed E-state index contributed by atoms with van der Waals surface area (Å²) < 4.78 is 5.18. The van der Waals surface area contributed by atoms with Crippen molar-refractivity contribution < 1.29 is 9.84 Å². The molecule has 23 heavy (non-hydrogen) atoms. The number of aliphatic hydroxyl groups is 1. The van der Waals surface area contributed by atoms with Crippen LogP contribution >= 0.6 is 0 Å². The molecule has 0 amide bonds. The molecule has 0 saturated heterocycles. The molecule has 0 aliphatic heterocycles. The maximum Gasteiger partial charge on any atom is 0.118 e. The van der Waals surface area contributed by atoms with E-state index in [-0.39, 0.29) is 6.61 Å². The average molecular weight is 314 g/mol. The molecule has 1 unspecified atom stereocenters. The van der Waals surface area contributed by atoms with Crippen molar-refractivity contribution in [3.63, 3.8) is 0 Å². The fourth-order valence-electron chi connectivity index (χ4n) is 2.54. The zero-order valence-corrected chi connectivity index (χ0v) is 14.1. The van der Waals surface area contributed by atoms with Crippen LogP contribution in [0.15, 0.2) is 48.5 Å². The number of hydrogen-bond acceptors (Lipinski definition) is 4. The molecule has 0 radical (unpaired) electrons. The molecule has 2 N–H and O–H groups in total. The summed E-state index contributed by atoms with van der Waals surface area (Å²) in [5.41, 5.74) is 3.49. The first-order valence-corrected chi connectivity index (χ1v) is 7.94. The molecule has 0 aliphatic rings. The van der Waals surface area contributed by atoms with Crippen molar-refractivity contribution in [2.75, 3.05) is 37.5 Å². The van der Waals surface area contributed by atoms with E-state index in [2.05, 4.69) is 48.6 Å². The van der Waals surface area contributed by atoms with Gasteiger partial charge in [-0.3, -0.25) is 0 Å². The standard InChI is InChI=1S/C19H26N2O2/c1-15(14-16-4-10-19(23-3)11-5-16)20-17-6-8-18(9-7-17)21(2)12-13-22/h4-11,15,20,22H,12-14H2,1-3H3. The third-order valence-corrected chi connectivity index (χ3v) is 3.86. The summed E-state index contributed by atoms with van der Waals surface area (Å²) in [5.74, 6) is 0.886. The molecular weight excluding hydrogens is 288 g/mol. The van der Waals surface area contributed by atoms with Crippen LogP contribution in [0.2, 0.25) is 0 Å². The van der Waals surface area contributed by atoms with Gasteiger partial charge in [0.1, 0.15) is 5.75 Å². The fraction of sp³-hybridized carbons (Fsp3) is 0.368. The Labute approximate surface area is 138 Å². The number of benzene rings is 2. The summed E-state index contributed by atoms with van der Waals surface area (Å²) in [5, 5.41) is 12.5. The molecule has 2 aromatic carbocycles. The summed E-state index contributed by atoms with van der Waals surface area (Å²) in [7, 11) is 3.66. The highest BCUT2D eigenvalue weighted by Crippen LogP contribution is 2.18. The van der Waals surface area contributed by atoms with Crippen LogP contribution in [-0.4, -0.2) is 38.5 Å². The molecule has 0 saturated carbocycles. The van der Waals surface area contributed by atoms with Crippen molar-refractivity contribution in [3.8, 4) is 5.75 Å². The van der Waals surface area contributed by atoms with Crippen LogP contribution in [0.25, 0.3) is 0 Å². The largest absolute Gasteiger partial charge is 0.497 e. The van der Waals surface area contributed by atoms with Crippen molar-refractivity contribution >= 4 is 11.4 Å². The van der Waals surface area contributed by atoms with E-state index < -0.39 is 0 Å². The van der Waals surface area contributed by atoms with Gasteiger partial charge in [0.05, 0.1) is 13.7 Å². The van der Waals surface area contributed by atoms with Gasteiger partial charge in [0.15, 0.2) is 0 Å². The van der Waals surface area contributed by atoms with E-state index in [0.29, 0.717) is 12.6 Å². The van der Waals surface area contributed by atoms with Gasteiger partial charge in [-0.25, -0.2) is 0 Å². The third-order valence-electron chi connectivity index (χ3n) is 3.86. The monoisotopic (exact) mass is 314 g/mol. The highest BCUT2D eigenvalue weighted by atomic mass is 16.5. The lowest BCUT2D eigenvalue weighted by Crippen LogP contribution is -2.21. The number of hydrogen-bond donors (Lipinski definition) is 2. The van der Waals surface area contributed by atoms with Gasteiger partial charge in [0, 0.05) is 31.0 Å². The Morgan fingerprint density at radius 3 is 2.30 bits per heavy atom. The lowest BCUT2D eigenvalue weighted by atomic mass is 10.1. The SMILES string of the molecule is COc1ccc(CC(C)Nc2ccc(N(C)CCO)cc2)cc1. The van der Waals surface area contributed by atoms with Gasteiger partial charge in [0.2, 0.25) is 0 Å². The molecular formula is C19H26N2O2. The summed E-state index contributed by atoms with van der Waals surface area (Å²) >= 11 is 0. The highest BCUT2D eigenvalue weighted by molar-refractivity contribution is 5.55. The van der Waals surface area contributed by atoms with Crippen LogP contribution in [0.5, 0.6) is 5.75 Å². The molecule has 0 aromatic heterocycles. The van der Waals surface area contributed by atoms with Gasteiger partial charge < -0.3 is 20.1 Å². The maximum absolute atomic E-state index is 8.98. The molecule has 0 fully saturated rings. The van der Waals surface area contributed by atoms with Gasteiger partial charge >= 0.3 is 0 Å². The Hall–Kier alpha value is -2.20. The lowest BCUT2D eigenvalue weighted by molar-refractivity contribution is 0.304. The number of nitrogens with one attached hydrogen (secondary N) is 1. The van der Waals surface area contributed by atoms with Crippen molar-refractivity contribution in [1.82, 2.24) is 0 Å². The van der Waals surface area contributed by atoms with Crippen molar-refractivity contribution in [1.29, 1.82) is 0 Å². The smallest absolute Gasteiger partial charge is 0.118 e. The summed E-state index contributed by atoms with van der Waals surface area (Å²) in [4.78, 5) is 2.03. The topological polar surface area (TPSA) is 44.7 Å². The second kappa shape index (κ2) is 8.44. The Morgan fingerprint density at radius 2 is 1.74 bits per heavy atom. The molecule has 2 aromatic rings. The Morgan fingerprint density at radius 1 is 1.09 bits per heavy atom. The summed E-state index contributed by atoms with van der Waals surface area (Å²) in [6.45, 7) is 2.98. The van der Waals surface area contributed by atoms with E-state index >= 15 is 0 Å². The predicted molar refractivity (Wildman–Crippen MR) is 96.6 cm³/mol. The second-order valence-electron chi connectivity index (χ2n) is 5.79. The number of aliphatic hydroxyl groups excluding tert-OH is 1. The predicted octanol–water partition coefficient (Wildman–Crippen LogP) is 3.17. The van der Waals surface area contributed by atoms with Gasteiger partial charge in [-0.1, -0.05) is 12.1 Å². The van der Waals surface area contributed by atoms with Gasteiger partial charge in [-0.2, -0.15) is 0 Å². The Bertz CT molecular complexity index is 581. The minimum absolute atomic E-state index is 0.162. The average Bonchev–Trinajstić information content (AvgIpc) is 2.56. The zero-order valence-electron chi connectivity index (χ0n) is 14.1. The van der Waals surface area contributed by atoms with Gasteiger partial charge in [-0.05, 0) is 55.3 Å². The number of ether oxygens (including phenoxy) is 1. The summed E-state index contributed by atoms with van der Waals surface area (Å²) in [6, 6.07) is 16.8. The Balaban J connectivity index is 1.90. The number of likely N-dealkylation sites (N-methyl/N-ethyl adjacent to an activating group) is 1. The van der Waals surface area contributed by atoms with E-state index in [1.807, 2.05) is 24.1 Å². The van der Waals surface area contributed by atoms with Crippen LogP contribution in [0.3, 0.4) is 0 Å². The molecule has 1 atom stereocenters. The normalized spacial score (nSPS) is 11.8. The Kier molecular flexibility index (Phi) is 6.29. The highest BCUT2D eigenvalue weighted by Gasteiger charge is 2.05. The quantitative estimate of drug-likeness (QED) is 0.785. The van der Waals surface area contributed by atoms with Crippen LogP contribution in [-0.2, 0) is 6.42 Å². The van der Waals surface area contributed by atoms with Crippen molar-refractivity contribution in [2.24, 2.45) is 0 Å². The van der Waals surface area contributed by atoms with Crippen LogP contribution in [0.4, 0.5) is 11.4 Å². The van der Waals surface area contributed by atoms with E-state index in [1.54, 1.807) is 7.11 Å². The maximum atomic E-state index is 8.98. The molecule has 2 rings (SSSR count). The number of nitrogens with zero attached hydrogens (tertiary/aromatic N) is 1. The molecule has 4 nitrogen and oxygen atoms in total. The van der Waals surface area contributed by atoms with Crippen molar-refractivity contribution in [3.05, 3.63) is 54.1 Å². The molecule has 4 heteroatoms. The second-order valence-corrected chi connectivity index (χ2v) is 5.79. The van der Waals surface area contributed by atoms with Crippen LogP contribution in [0, 0.1) is 0 Å². The molecule has 124 valence electrons. The third kappa shape index (κ3) is 5.18. The van der Waals surface area contributed by atoms with E-state index in [9.17, 15) is 0 Å². The minimum atomic E-state index is 0.162. The number of rotatable bonds is 8. The number of methoxy groups -OCH3 is 1. The molecule has 0 aliphatic carbocycles.